The molecule has 29 heavy (non-hydrogen) atoms. The summed E-state index contributed by atoms with van der Waals surface area (Å²) >= 11 is 0. The zero-order valence-corrected chi connectivity index (χ0v) is 17.3. The maximum absolute atomic E-state index is 12.6. The Bertz CT molecular complexity index is 738. The van der Waals surface area contributed by atoms with Gasteiger partial charge in [0.2, 0.25) is 0 Å². The van der Waals surface area contributed by atoms with E-state index in [1.165, 1.54) is 0 Å². The van der Waals surface area contributed by atoms with E-state index in [9.17, 15) is 20.1 Å². The number of carbonyl (C=O) groups excluding carboxylic acids is 1. The van der Waals surface area contributed by atoms with Crippen molar-refractivity contribution in [3.05, 3.63) is 59.7 Å². The zero-order chi connectivity index (χ0) is 20.8. The van der Waals surface area contributed by atoms with Gasteiger partial charge in [0.1, 0.15) is 5.78 Å². The minimum atomic E-state index is -0.599. The molecule has 158 valence electrons. The molecule has 0 aliphatic heterocycles. The van der Waals surface area contributed by atoms with Crippen molar-refractivity contribution in [1.82, 2.24) is 0 Å². The molecular formula is C25H34O4. The van der Waals surface area contributed by atoms with Gasteiger partial charge >= 0.3 is 0 Å². The number of ketones is 1. The van der Waals surface area contributed by atoms with Crippen molar-refractivity contribution in [2.45, 2.75) is 76.1 Å². The Kier molecular flexibility index (Phi) is 7.82. The number of fused-ring (bicyclic) bond motifs is 3. The molecule has 0 heterocycles. The molecule has 0 aromatic heterocycles. The molecule has 4 nitrogen and oxygen atoms in total. The highest BCUT2D eigenvalue weighted by Gasteiger charge is 2.39. The van der Waals surface area contributed by atoms with E-state index in [0.717, 1.165) is 30.4 Å². The third kappa shape index (κ3) is 5.88. The fourth-order valence-corrected chi connectivity index (χ4v) is 4.56. The molecule has 0 radical (unpaired) electrons. The van der Waals surface area contributed by atoms with Crippen LogP contribution in [-0.2, 0) is 11.2 Å². The van der Waals surface area contributed by atoms with Crippen LogP contribution in [0.5, 0.6) is 0 Å². The van der Waals surface area contributed by atoms with E-state index in [2.05, 4.69) is 18.2 Å². The molecule has 1 aromatic rings. The number of carbonyl (C=O) groups is 1. The van der Waals surface area contributed by atoms with E-state index >= 15 is 0 Å². The van der Waals surface area contributed by atoms with Gasteiger partial charge in [-0.1, -0.05) is 55.5 Å². The lowest BCUT2D eigenvalue weighted by atomic mass is 9.89. The number of aryl methyl sites for hydroxylation is 1. The molecule has 2 bridgehead atoms. The van der Waals surface area contributed by atoms with Gasteiger partial charge in [0, 0.05) is 24.7 Å². The second-order valence-corrected chi connectivity index (χ2v) is 8.63. The number of rotatable bonds is 0. The quantitative estimate of drug-likeness (QED) is 0.583. The molecule has 0 amide bonds. The van der Waals surface area contributed by atoms with Crippen LogP contribution in [0.4, 0.5) is 0 Å². The van der Waals surface area contributed by atoms with Crippen molar-refractivity contribution in [2.24, 2.45) is 11.8 Å². The Labute approximate surface area is 174 Å². The number of hydrogen-bond donors (Lipinski definition) is 3. The fraction of sp³-hybridized carbons (Fsp3) is 0.560. The smallest absolute Gasteiger partial charge is 0.140 e. The van der Waals surface area contributed by atoms with Crippen molar-refractivity contribution >= 4 is 5.78 Å². The van der Waals surface area contributed by atoms with Crippen LogP contribution in [0.2, 0.25) is 0 Å². The van der Waals surface area contributed by atoms with E-state index < -0.39 is 18.3 Å². The van der Waals surface area contributed by atoms with Gasteiger partial charge in [0.15, 0.2) is 0 Å². The molecule has 1 fully saturated rings. The van der Waals surface area contributed by atoms with Crippen LogP contribution >= 0.6 is 0 Å². The first-order chi connectivity index (χ1) is 14.0. The van der Waals surface area contributed by atoms with Crippen molar-refractivity contribution in [1.29, 1.82) is 0 Å². The number of allylic oxidation sites excluding steroid dienone is 2. The Morgan fingerprint density at radius 2 is 1.83 bits per heavy atom. The molecular weight excluding hydrogens is 364 g/mol. The first-order valence-corrected chi connectivity index (χ1v) is 10.9. The monoisotopic (exact) mass is 398 g/mol. The molecule has 3 rings (SSSR count). The summed E-state index contributed by atoms with van der Waals surface area (Å²) in [6.07, 6.45) is 10.7. The second kappa shape index (κ2) is 10.3. The molecule has 2 aliphatic carbocycles. The summed E-state index contributed by atoms with van der Waals surface area (Å²) in [5.41, 5.74) is 2.16. The standard InChI is InChI=1S/C25H34O4/c1-17-19-8-6-7-18(15-19)11-12-20(26)13-14-22-21(24(28)16-25(22)29)9-4-2-3-5-10-23(17)27/h2,4,6-8,13-15,17,20-22,24-26,28-29H,3,5,9-12,16H2,1H3/b4-2-,14-13+/t17-,20-,21+,22+,24-,25+/m0/s1. The molecule has 0 unspecified atom stereocenters. The number of aliphatic hydroxyl groups excluding tert-OH is 3. The summed E-state index contributed by atoms with van der Waals surface area (Å²) in [5, 5.41) is 31.1. The molecule has 1 aromatic carbocycles. The normalized spacial score (nSPS) is 36.6. The summed E-state index contributed by atoms with van der Waals surface area (Å²) in [6, 6.07) is 8.11. The Hall–Kier alpha value is -1.75. The van der Waals surface area contributed by atoms with E-state index in [-0.39, 0.29) is 23.5 Å². The van der Waals surface area contributed by atoms with Crippen LogP contribution in [-0.4, -0.2) is 39.4 Å². The lowest BCUT2D eigenvalue weighted by molar-refractivity contribution is -0.120. The van der Waals surface area contributed by atoms with Gasteiger partial charge in [0.25, 0.3) is 0 Å². The van der Waals surface area contributed by atoms with E-state index in [1.807, 2.05) is 31.2 Å². The van der Waals surface area contributed by atoms with E-state index in [0.29, 0.717) is 25.7 Å². The molecule has 6 atom stereocenters. The van der Waals surface area contributed by atoms with Crippen LogP contribution in [0.25, 0.3) is 0 Å². The SMILES string of the molecule is C[C@@H]1C(=O)CCC/C=C\C[C@@H]2[C@@H](/C=C/[C@@H](O)CCc3cccc1c3)[C@H](O)C[C@@H]2O. The summed E-state index contributed by atoms with van der Waals surface area (Å²) in [7, 11) is 0. The average molecular weight is 399 g/mol. The summed E-state index contributed by atoms with van der Waals surface area (Å²) in [5.74, 6) is -0.0385. The van der Waals surface area contributed by atoms with Crippen LogP contribution in [0.15, 0.2) is 48.6 Å². The third-order valence-electron chi connectivity index (χ3n) is 6.50. The summed E-state index contributed by atoms with van der Waals surface area (Å²) < 4.78 is 0. The second-order valence-electron chi connectivity index (χ2n) is 8.63. The van der Waals surface area contributed by atoms with Gasteiger partial charge in [-0.3, -0.25) is 4.79 Å². The Morgan fingerprint density at radius 3 is 2.66 bits per heavy atom. The van der Waals surface area contributed by atoms with Crippen molar-refractivity contribution in [3.63, 3.8) is 0 Å². The van der Waals surface area contributed by atoms with Crippen LogP contribution < -0.4 is 0 Å². The highest BCUT2D eigenvalue weighted by molar-refractivity contribution is 5.85. The lowest BCUT2D eigenvalue weighted by Crippen LogP contribution is -2.20. The van der Waals surface area contributed by atoms with E-state index in [1.54, 1.807) is 6.08 Å². The van der Waals surface area contributed by atoms with Crippen molar-refractivity contribution in [3.8, 4) is 0 Å². The average Bonchev–Trinajstić information content (AvgIpc) is 2.98. The van der Waals surface area contributed by atoms with Gasteiger partial charge in [-0.05, 0) is 49.1 Å². The first-order valence-electron chi connectivity index (χ1n) is 10.9. The molecule has 1 saturated carbocycles. The molecule has 2 aliphatic rings. The minimum Gasteiger partial charge on any atom is -0.393 e. The third-order valence-corrected chi connectivity index (χ3v) is 6.50. The van der Waals surface area contributed by atoms with Crippen LogP contribution in [0, 0.1) is 11.8 Å². The zero-order valence-electron chi connectivity index (χ0n) is 17.3. The predicted molar refractivity (Wildman–Crippen MR) is 115 cm³/mol. The van der Waals surface area contributed by atoms with Gasteiger partial charge in [-0.25, -0.2) is 0 Å². The van der Waals surface area contributed by atoms with Crippen LogP contribution in [0.3, 0.4) is 0 Å². The van der Waals surface area contributed by atoms with Crippen molar-refractivity contribution < 1.29 is 20.1 Å². The van der Waals surface area contributed by atoms with Gasteiger partial charge in [-0.15, -0.1) is 0 Å². The molecule has 4 heteroatoms. The summed E-state index contributed by atoms with van der Waals surface area (Å²) in [6.45, 7) is 1.97. The highest BCUT2D eigenvalue weighted by Crippen LogP contribution is 2.36. The Balaban J connectivity index is 1.77. The lowest BCUT2D eigenvalue weighted by Gasteiger charge is -2.20. The van der Waals surface area contributed by atoms with Gasteiger partial charge < -0.3 is 15.3 Å². The molecule has 0 saturated heterocycles. The number of aliphatic hydroxyl groups is 3. The Morgan fingerprint density at radius 1 is 1.00 bits per heavy atom. The topological polar surface area (TPSA) is 77.8 Å². The summed E-state index contributed by atoms with van der Waals surface area (Å²) in [4.78, 5) is 12.6. The van der Waals surface area contributed by atoms with Crippen LogP contribution in [0.1, 0.15) is 62.5 Å². The highest BCUT2D eigenvalue weighted by atomic mass is 16.3. The first kappa shape index (κ1) is 21.9. The van der Waals surface area contributed by atoms with Gasteiger partial charge in [0.05, 0.1) is 18.3 Å². The van der Waals surface area contributed by atoms with Gasteiger partial charge in [-0.2, -0.15) is 0 Å². The number of Topliss-reactive ketones (excluding diaryl/α,β-unsaturated/α-hetero) is 1. The maximum atomic E-state index is 12.6. The molecule has 3 N–H and O–H groups in total. The molecule has 0 spiro atoms. The number of hydrogen-bond acceptors (Lipinski definition) is 4. The predicted octanol–water partition coefficient (Wildman–Crippen LogP) is 3.70. The minimum absolute atomic E-state index is 0.0399. The fourth-order valence-electron chi connectivity index (χ4n) is 4.56. The number of benzene rings is 1. The maximum Gasteiger partial charge on any atom is 0.140 e. The van der Waals surface area contributed by atoms with Crippen molar-refractivity contribution in [2.75, 3.05) is 0 Å². The largest absolute Gasteiger partial charge is 0.393 e. The van der Waals surface area contributed by atoms with E-state index in [4.69, 9.17) is 0 Å².